The minimum Gasteiger partial charge on any atom is -0.497 e. The summed E-state index contributed by atoms with van der Waals surface area (Å²) in [4.78, 5) is 0. The SMILES string of the molecule is C=Cc1ccc(C(F)(F)Oc2ccc(OC)cc2)cc1. The van der Waals surface area contributed by atoms with E-state index in [0.717, 1.165) is 5.56 Å². The summed E-state index contributed by atoms with van der Waals surface area (Å²) >= 11 is 0. The molecule has 2 aromatic carbocycles. The van der Waals surface area contributed by atoms with Gasteiger partial charge in [0.25, 0.3) is 0 Å². The molecule has 0 unspecified atom stereocenters. The summed E-state index contributed by atoms with van der Waals surface area (Å²) in [6.07, 6.45) is -1.81. The summed E-state index contributed by atoms with van der Waals surface area (Å²) in [6.45, 7) is 3.58. The maximum Gasteiger partial charge on any atom is 0.426 e. The lowest BCUT2D eigenvalue weighted by atomic mass is 10.1. The van der Waals surface area contributed by atoms with Gasteiger partial charge in [0.05, 0.1) is 12.7 Å². The monoisotopic (exact) mass is 276 g/mol. The highest BCUT2D eigenvalue weighted by Crippen LogP contribution is 2.32. The summed E-state index contributed by atoms with van der Waals surface area (Å²) in [6, 6.07) is 11.8. The van der Waals surface area contributed by atoms with Crippen molar-refractivity contribution in [2.24, 2.45) is 0 Å². The van der Waals surface area contributed by atoms with Gasteiger partial charge in [0.1, 0.15) is 11.5 Å². The number of hydrogen-bond acceptors (Lipinski definition) is 2. The van der Waals surface area contributed by atoms with Crippen molar-refractivity contribution in [1.29, 1.82) is 0 Å². The first-order chi connectivity index (χ1) is 9.55. The van der Waals surface area contributed by atoms with Gasteiger partial charge >= 0.3 is 6.11 Å². The van der Waals surface area contributed by atoms with Crippen LogP contribution in [0.1, 0.15) is 11.1 Å². The molecule has 0 fully saturated rings. The molecule has 0 spiro atoms. The zero-order valence-corrected chi connectivity index (χ0v) is 11.0. The summed E-state index contributed by atoms with van der Waals surface area (Å²) < 4.78 is 37.7. The molecule has 0 aliphatic rings. The molecule has 0 heterocycles. The standard InChI is InChI=1S/C16H14F2O2/c1-3-12-4-6-13(7-5-12)16(17,18)20-15-10-8-14(19-2)9-11-15/h3-11H,1H2,2H3. The van der Waals surface area contributed by atoms with Gasteiger partial charge in [-0.1, -0.05) is 24.8 Å². The van der Waals surface area contributed by atoms with Gasteiger partial charge in [-0.3, -0.25) is 0 Å². The smallest absolute Gasteiger partial charge is 0.426 e. The van der Waals surface area contributed by atoms with E-state index in [1.807, 2.05) is 0 Å². The van der Waals surface area contributed by atoms with Gasteiger partial charge in [-0.15, -0.1) is 0 Å². The highest BCUT2D eigenvalue weighted by molar-refractivity contribution is 5.47. The molecule has 2 nitrogen and oxygen atoms in total. The Bertz CT molecular complexity index is 574. The molecule has 2 aromatic rings. The van der Waals surface area contributed by atoms with E-state index in [1.54, 1.807) is 30.3 Å². The Morgan fingerprint density at radius 3 is 2.00 bits per heavy atom. The van der Waals surface area contributed by atoms with Crippen LogP contribution in [0.5, 0.6) is 11.5 Å². The molecule has 0 aliphatic carbocycles. The third kappa shape index (κ3) is 3.15. The van der Waals surface area contributed by atoms with Gasteiger partial charge in [-0.2, -0.15) is 8.78 Å². The second kappa shape index (κ2) is 5.74. The van der Waals surface area contributed by atoms with Crippen LogP contribution in [0.2, 0.25) is 0 Å². The second-order valence-electron chi connectivity index (χ2n) is 4.12. The number of alkyl halides is 2. The molecule has 0 aliphatic heterocycles. The Labute approximate surface area is 116 Å². The van der Waals surface area contributed by atoms with Gasteiger partial charge in [-0.05, 0) is 42.0 Å². The molecule has 0 atom stereocenters. The van der Waals surface area contributed by atoms with Crippen LogP contribution in [0.3, 0.4) is 0 Å². The van der Waals surface area contributed by atoms with Crippen molar-refractivity contribution in [3.8, 4) is 11.5 Å². The van der Waals surface area contributed by atoms with Crippen LogP contribution in [-0.4, -0.2) is 7.11 Å². The predicted octanol–water partition coefficient (Wildman–Crippen LogP) is 4.47. The molecule has 0 radical (unpaired) electrons. The Hall–Kier alpha value is -2.36. The molecule has 0 N–H and O–H groups in total. The first kappa shape index (κ1) is 14.1. The Kier molecular flexibility index (Phi) is 4.03. The Morgan fingerprint density at radius 2 is 1.50 bits per heavy atom. The molecular weight excluding hydrogens is 262 g/mol. The van der Waals surface area contributed by atoms with Gasteiger partial charge in [-0.25, -0.2) is 0 Å². The van der Waals surface area contributed by atoms with E-state index in [-0.39, 0.29) is 11.3 Å². The minimum absolute atomic E-state index is 0.0728. The topological polar surface area (TPSA) is 18.5 Å². The molecule has 2 rings (SSSR count). The van der Waals surface area contributed by atoms with Gasteiger partial charge in [0, 0.05) is 0 Å². The average Bonchev–Trinajstić information content (AvgIpc) is 2.48. The van der Waals surface area contributed by atoms with E-state index in [2.05, 4.69) is 6.58 Å². The van der Waals surface area contributed by atoms with E-state index in [1.165, 1.54) is 31.4 Å². The lowest BCUT2D eigenvalue weighted by Gasteiger charge is -2.18. The normalized spacial score (nSPS) is 10.9. The fourth-order valence-corrected chi connectivity index (χ4v) is 1.66. The number of methoxy groups -OCH3 is 1. The van der Waals surface area contributed by atoms with Crippen LogP contribution in [0.15, 0.2) is 55.1 Å². The number of benzene rings is 2. The van der Waals surface area contributed by atoms with Crippen LogP contribution in [-0.2, 0) is 6.11 Å². The van der Waals surface area contributed by atoms with Crippen molar-refractivity contribution in [2.45, 2.75) is 6.11 Å². The molecule has 0 amide bonds. The van der Waals surface area contributed by atoms with Crippen LogP contribution in [0, 0.1) is 0 Å². The fraction of sp³-hybridized carbons (Fsp3) is 0.125. The number of rotatable bonds is 5. The van der Waals surface area contributed by atoms with Crippen molar-refractivity contribution < 1.29 is 18.3 Å². The lowest BCUT2D eigenvalue weighted by Crippen LogP contribution is -2.21. The van der Waals surface area contributed by atoms with Crippen molar-refractivity contribution in [1.82, 2.24) is 0 Å². The second-order valence-corrected chi connectivity index (χ2v) is 4.12. The Balaban J connectivity index is 2.17. The first-order valence-electron chi connectivity index (χ1n) is 5.99. The fourth-order valence-electron chi connectivity index (χ4n) is 1.66. The van der Waals surface area contributed by atoms with Gasteiger partial charge < -0.3 is 9.47 Å². The minimum atomic E-state index is -3.39. The summed E-state index contributed by atoms with van der Waals surface area (Å²) in [5.74, 6) is 0.652. The van der Waals surface area contributed by atoms with Crippen LogP contribution >= 0.6 is 0 Å². The van der Waals surface area contributed by atoms with E-state index in [9.17, 15) is 8.78 Å². The third-order valence-electron chi connectivity index (χ3n) is 2.79. The van der Waals surface area contributed by atoms with E-state index in [0.29, 0.717) is 5.75 Å². The average molecular weight is 276 g/mol. The van der Waals surface area contributed by atoms with Crippen LogP contribution < -0.4 is 9.47 Å². The van der Waals surface area contributed by atoms with Crippen molar-refractivity contribution in [3.05, 3.63) is 66.2 Å². The molecule has 20 heavy (non-hydrogen) atoms. The van der Waals surface area contributed by atoms with E-state index < -0.39 is 6.11 Å². The van der Waals surface area contributed by atoms with Gasteiger partial charge in [0.15, 0.2) is 0 Å². The molecular formula is C16H14F2O2. The van der Waals surface area contributed by atoms with Crippen molar-refractivity contribution in [2.75, 3.05) is 7.11 Å². The maximum absolute atomic E-state index is 14.0. The quantitative estimate of drug-likeness (QED) is 0.802. The molecule has 104 valence electrons. The first-order valence-corrected chi connectivity index (χ1v) is 5.99. The largest absolute Gasteiger partial charge is 0.497 e. The van der Waals surface area contributed by atoms with Crippen LogP contribution in [0.25, 0.3) is 6.08 Å². The zero-order chi connectivity index (χ0) is 14.6. The lowest BCUT2D eigenvalue weighted by molar-refractivity contribution is -0.185. The molecule has 0 aromatic heterocycles. The number of halogens is 2. The van der Waals surface area contributed by atoms with Crippen molar-refractivity contribution >= 4 is 6.08 Å². The molecule has 0 bridgehead atoms. The molecule has 4 heteroatoms. The number of hydrogen-bond donors (Lipinski definition) is 0. The predicted molar refractivity (Wildman–Crippen MR) is 74.0 cm³/mol. The van der Waals surface area contributed by atoms with E-state index >= 15 is 0 Å². The number of ether oxygens (including phenoxy) is 2. The van der Waals surface area contributed by atoms with Crippen molar-refractivity contribution in [3.63, 3.8) is 0 Å². The maximum atomic E-state index is 14.0. The highest BCUT2D eigenvalue weighted by Gasteiger charge is 2.34. The summed E-state index contributed by atoms with van der Waals surface area (Å²) in [5, 5.41) is 0. The highest BCUT2D eigenvalue weighted by atomic mass is 19.3. The summed E-state index contributed by atoms with van der Waals surface area (Å²) in [7, 11) is 1.51. The molecule has 0 saturated heterocycles. The zero-order valence-electron chi connectivity index (χ0n) is 11.0. The summed E-state index contributed by atoms with van der Waals surface area (Å²) in [5.41, 5.74) is 0.563. The Morgan fingerprint density at radius 1 is 0.950 bits per heavy atom. The van der Waals surface area contributed by atoms with Crippen LogP contribution in [0.4, 0.5) is 8.78 Å². The molecule has 0 saturated carbocycles. The third-order valence-corrected chi connectivity index (χ3v) is 2.79. The van der Waals surface area contributed by atoms with E-state index in [4.69, 9.17) is 9.47 Å². The van der Waals surface area contributed by atoms with Gasteiger partial charge in [0.2, 0.25) is 0 Å².